The second kappa shape index (κ2) is 9.67. The Kier molecular flexibility index (Phi) is 6.93. The summed E-state index contributed by atoms with van der Waals surface area (Å²) in [6.07, 6.45) is 1.000. The van der Waals surface area contributed by atoms with E-state index in [1.165, 1.54) is 21.2 Å². The van der Waals surface area contributed by atoms with Gasteiger partial charge in [-0.25, -0.2) is 0 Å². The molecule has 3 heteroatoms. The zero-order chi connectivity index (χ0) is 21.6. The molecular formula is C28H25IP2. The summed E-state index contributed by atoms with van der Waals surface area (Å²) >= 11 is 2.74. The van der Waals surface area contributed by atoms with Crippen molar-refractivity contribution < 1.29 is 0 Å². The molecule has 0 aromatic heterocycles. The molecule has 0 bridgehead atoms. The van der Waals surface area contributed by atoms with Gasteiger partial charge < -0.3 is 0 Å². The number of benzene rings is 4. The molecule has 0 fully saturated rings. The molecular weight excluding hydrogens is 525 g/mol. The minimum absolute atomic E-state index is 0.767. The average Bonchev–Trinajstić information content (AvgIpc) is 2.86. The van der Waals surface area contributed by atoms with Crippen molar-refractivity contribution in [3.63, 3.8) is 0 Å². The number of hydrogen-bond donors (Lipinski definition) is 0. The van der Waals surface area contributed by atoms with Crippen molar-refractivity contribution in [2.24, 2.45) is 0 Å². The Morgan fingerprint density at radius 1 is 0.613 bits per heavy atom. The van der Waals surface area contributed by atoms with Crippen LogP contribution in [0, 0.1) is 11.3 Å². The molecule has 0 atom stereocenters. The van der Waals surface area contributed by atoms with Crippen LogP contribution >= 0.6 is 34.2 Å². The minimum atomic E-state index is -2.73. The van der Waals surface area contributed by atoms with Crippen molar-refractivity contribution in [1.82, 2.24) is 0 Å². The van der Waals surface area contributed by atoms with Crippen molar-refractivity contribution in [3.05, 3.63) is 121 Å². The normalized spacial score (nSPS) is 12.4. The van der Waals surface area contributed by atoms with Gasteiger partial charge in [0.05, 0.1) is 0 Å². The summed E-state index contributed by atoms with van der Waals surface area (Å²) in [6.45, 7) is 2.30. The van der Waals surface area contributed by atoms with Gasteiger partial charge in [0, 0.05) is 0 Å². The van der Waals surface area contributed by atoms with E-state index in [4.69, 9.17) is 0 Å². The van der Waals surface area contributed by atoms with Crippen molar-refractivity contribution in [3.8, 4) is 11.3 Å². The third-order valence-electron chi connectivity index (χ3n) is 5.61. The van der Waals surface area contributed by atoms with Crippen LogP contribution in [0.3, 0.4) is 0 Å². The van der Waals surface area contributed by atoms with Crippen LogP contribution in [-0.4, -0.2) is 6.16 Å². The molecule has 4 aromatic rings. The van der Waals surface area contributed by atoms with Crippen molar-refractivity contribution >= 4 is 55.4 Å². The van der Waals surface area contributed by atoms with Gasteiger partial charge in [-0.1, -0.05) is 0 Å². The van der Waals surface area contributed by atoms with Gasteiger partial charge in [-0.3, -0.25) is 0 Å². The molecule has 0 aliphatic carbocycles. The molecule has 4 aromatic carbocycles. The van der Waals surface area contributed by atoms with Gasteiger partial charge in [-0.2, -0.15) is 0 Å². The van der Waals surface area contributed by atoms with Crippen LogP contribution in [0.15, 0.2) is 121 Å². The molecule has 0 aliphatic rings. The Morgan fingerprint density at radius 3 is 1.32 bits per heavy atom. The Morgan fingerprint density at radius 2 is 0.968 bits per heavy atom. The number of rotatable bonds is 5. The Bertz CT molecular complexity index is 1100. The van der Waals surface area contributed by atoms with E-state index in [0.29, 0.717) is 0 Å². The zero-order valence-electron chi connectivity index (χ0n) is 17.5. The van der Waals surface area contributed by atoms with Crippen LogP contribution in [0.4, 0.5) is 0 Å². The fourth-order valence-electron chi connectivity index (χ4n) is 3.79. The van der Waals surface area contributed by atoms with Crippen LogP contribution in [0.5, 0.6) is 0 Å². The monoisotopic (exact) mass is 550 g/mol. The molecule has 31 heavy (non-hydrogen) atoms. The predicted octanol–water partition coefficient (Wildman–Crippen LogP) is 6.61. The molecule has 154 valence electrons. The van der Waals surface area contributed by atoms with Gasteiger partial charge >= 0.3 is 201 Å². The maximum atomic E-state index is 3.99. The van der Waals surface area contributed by atoms with E-state index in [-0.39, 0.29) is 0 Å². The standard InChI is InChI=1S/C28H25IP2/c1-2-31(29,27-19-11-5-12-20-27,28-21-13-6-14-22-28)24-23-30(25-15-7-3-8-16-25)26-17-9-4-10-18-26/h3-22H,2H2,1H3. The zero-order valence-corrected chi connectivity index (χ0v) is 21.5. The third kappa shape index (κ3) is 4.49. The molecule has 0 N–H and O–H groups in total. The number of halogens is 1. The van der Waals surface area contributed by atoms with E-state index in [2.05, 4.69) is 162 Å². The SMILES string of the molecule is CCP(I)(C#CP(c1ccccc1)c1ccccc1)(c1ccccc1)c1ccccc1. The first-order valence-corrected chi connectivity index (χ1v) is 17.0. The molecule has 0 unspecified atom stereocenters. The van der Waals surface area contributed by atoms with E-state index >= 15 is 0 Å². The van der Waals surface area contributed by atoms with Crippen molar-refractivity contribution in [2.45, 2.75) is 6.92 Å². The van der Waals surface area contributed by atoms with Gasteiger partial charge in [-0.15, -0.1) is 0 Å². The van der Waals surface area contributed by atoms with E-state index in [0.717, 1.165) is 6.16 Å². The molecule has 0 amide bonds. The van der Waals surface area contributed by atoms with Gasteiger partial charge in [0.25, 0.3) is 0 Å². The van der Waals surface area contributed by atoms with Gasteiger partial charge in [-0.05, 0) is 0 Å². The summed E-state index contributed by atoms with van der Waals surface area (Å²) in [5, 5.41) is 5.31. The van der Waals surface area contributed by atoms with Crippen molar-refractivity contribution in [1.29, 1.82) is 0 Å². The van der Waals surface area contributed by atoms with Crippen molar-refractivity contribution in [2.75, 3.05) is 6.16 Å². The van der Waals surface area contributed by atoms with E-state index < -0.39 is 12.2 Å². The summed E-state index contributed by atoms with van der Waals surface area (Å²) in [5.74, 6) is 0. The second-order valence-electron chi connectivity index (χ2n) is 7.40. The van der Waals surface area contributed by atoms with Crippen LogP contribution in [-0.2, 0) is 0 Å². The maximum absolute atomic E-state index is 3.99. The van der Waals surface area contributed by atoms with Gasteiger partial charge in [0.2, 0.25) is 0 Å². The topological polar surface area (TPSA) is 0 Å². The first-order chi connectivity index (χ1) is 15.1. The summed E-state index contributed by atoms with van der Waals surface area (Å²) in [6, 6.07) is 43.3. The Balaban J connectivity index is 1.96. The van der Waals surface area contributed by atoms with Crippen LogP contribution in [0.25, 0.3) is 0 Å². The van der Waals surface area contributed by atoms with E-state index in [9.17, 15) is 0 Å². The van der Waals surface area contributed by atoms with Crippen LogP contribution in [0.1, 0.15) is 6.92 Å². The molecule has 0 spiro atoms. The van der Waals surface area contributed by atoms with Crippen LogP contribution < -0.4 is 21.2 Å². The van der Waals surface area contributed by atoms with Gasteiger partial charge in [0.15, 0.2) is 0 Å². The third-order valence-corrected chi connectivity index (χ3v) is 18.4. The predicted molar refractivity (Wildman–Crippen MR) is 150 cm³/mol. The second-order valence-corrected chi connectivity index (χ2v) is 20.0. The Labute approximate surface area is 200 Å². The average molecular weight is 550 g/mol. The van der Waals surface area contributed by atoms with E-state index in [1.54, 1.807) is 0 Å². The molecule has 0 radical (unpaired) electrons. The fraction of sp³-hybridized carbons (Fsp3) is 0.0714. The molecule has 0 nitrogen and oxygen atoms in total. The quantitative estimate of drug-likeness (QED) is 0.149. The summed E-state index contributed by atoms with van der Waals surface area (Å²) in [5.41, 5.74) is 7.83. The summed E-state index contributed by atoms with van der Waals surface area (Å²) in [4.78, 5) is 0. The number of hydrogen-bond acceptors (Lipinski definition) is 0. The van der Waals surface area contributed by atoms with Crippen LogP contribution in [0.2, 0.25) is 0 Å². The summed E-state index contributed by atoms with van der Waals surface area (Å²) < 4.78 is -2.73. The first-order valence-electron chi connectivity index (χ1n) is 10.4. The first kappa shape index (κ1) is 22.2. The van der Waals surface area contributed by atoms with Gasteiger partial charge in [0.1, 0.15) is 0 Å². The van der Waals surface area contributed by atoms with E-state index in [1.807, 2.05) is 0 Å². The molecule has 0 heterocycles. The fourth-order valence-corrected chi connectivity index (χ4v) is 12.5. The molecule has 0 saturated heterocycles. The molecule has 4 rings (SSSR count). The molecule has 0 aliphatic heterocycles. The Hall–Kier alpha value is -1.97. The summed E-state index contributed by atoms with van der Waals surface area (Å²) in [7, 11) is -0.767. The molecule has 0 saturated carbocycles.